The third-order valence-electron chi connectivity index (χ3n) is 3.32. The van der Waals surface area contributed by atoms with Gasteiger partial charge in [-0.25, -0.2) is 5.06 Å². The van der Waals surface area contributed by atoms with Crippen molar-refractivity contribution in [2.45, 2.75) is 32.9 Å². The molecule has 1 atom stereocenters. The minimum absolute atomic E-state index is 0.0492. The summed E-state index contributed by atoms with van der Waals surface area (Å²) >= 11 is 0. The lowest BCUT2D eigenvalue weighted by molar-refractivity contribution is -0.176. The Bertz CT molecular complexity index is 601. The number of hydrogen-bond donors (Lipinski definition) is 3. The van der Waals surface area contributed by atoms with Gasteiger partial charge in [-0.15, -0.1) is 0 Å². The summed E-state index contributed by atoms with van der Waals surface area (Å²) in [5.74, 6) is -1.07. The van der Waals surface area contributed by atoms with Crippen LogP contribution in [0.15, 0.2) is 24.3 Å². The van der Waals surface area contributed by atoms with Gasteiger partial charge in [-0.3, -0.25) is 19.2 Å². The quantitative estimate of drug-likeness (QED) is 0.306. The molecule has 0 radical (unpaired) electrons. The van der Waals surface area contributed by atoms with E-state index in [1.807, 2.05) is 0 Å². The van der Waals surface area contributed by atoms with Crippen molar-refractivity contribution in [2.75, 3.05) is 25.6 Å². The molecule has 0 aliphatic heterocycles. The number of nitrogens with zero attached hydrogens (tertiary/aromatic N) is 1. The van der Waals surface area contributed by atoms with Crippen molar-refractivity contribution in [3.8, 4) is 5.75 Å². The molecule has 9 heteroatoms. The standard InChI is InChI=1S/C17H25N3O6/c1-4-20(25-3)17(24)16(18-12(2)21)19-13-7-9-14(10-8-13)26-11-5-6-15(22)23/h7-10,16,19H,4-6,11H2,1-3H3,(H,18,21)(H,22,23). The van der Waals surface area contributed by atoms with Crippen LogP contribution in [0.2, 0.25) is 0 Å². The molecule has 1 rings (SSSR count). The van der Waals surface area contributed by atoms with Crippen molar-refractivity contribution in [3.63, 3.8) is 0 Å². The zero-order valence-electron chi connectivity index (χ0n) is 15.2. The van der Waals surface area contributed by atoms with E-state index in [2.05, 4.69) is 10.6 Å². The van der Waals surface area contributed by atoms with Gasteiger partial charge in [0.15, 0.2) is 6.17 Å². The Labute approximate surface area is 152 Å². The minimum atomic E-state index is -0.977. The first-order valence-corrected chi connectivity index (χ1v) is 8.21. The molecule has 1 aromatic carbocycles. The van der Waals surface area contributed by atoms with Crippen molar-refractivity contribution in [1.29, 1.82) is 0 Å². The molecule has 0 bridgehead atoms. The van der Waals surface area contributed by atoms with E-state index in [4.69, 9.17) is 14.7 Å². The number of nitrogens with one attached hydrogen (secondary N) is 2. The van der Waals surface area contributed by atoms with Crippen LogP contribution in [0.3, 0.4) is 0 Å². The smallest absolute Gasteiger partial charge is 0.303 e. The summed E-state index contributed by atoms with van der Waals surface area (Å²) in [6, 6.07) is 6.76. The van der Waals surface area contributed by atoms with Gasteiger partial charge in [-0.05, 0) is 37.6 Å². The molecule has 26 heavy (non-hydrogen) atoms. The number of amides is 2. The van der Waals surface area contributed by atoms with E-state index in [1.54, 1.807) is 31.2 Å². The fraction of sp³-hybridized carbons (Fsp3) is 0.471. The average molecular weight is 367 g/mol. The second-order valence-corrected chi connectivity index (χ2v) is 5.36. The number of rotatable bonds is 11. The molecule has 0 aromatic heterocycles. The number of carboxylic acids is 1. The van der Waals surface area contributed by atoms with Crippen LogP contribution in [0.1, 0.15) is 26.7 Å². The number of aliphatic carboxylic acids is 1. The summed E-state index contributed by atoms with van der Waals surface area (Å²) < 4.78 is 5.45. The Morgan fingerprint density at radius 1 is 1.23 bits per heavy atom. The molecule has 1 unspecified atom stereocenters. The van der Waals surface area contributed by atoms with Gasteiger partial charge in [-0.1, -0.05) is 0 Å². The van der Waals surface area contributed by atoms with Crippen LogP contribution in [0.4, 0.5) is 5.69 Å². The SMILES string of the molecule is CCN(OC)C(=O)C(NC(C)=O)Nc1ccc(OCCCC(=O)O)cc1. The monoisotopic (exact) mass is 367 g/mol. The first-order chi connectivity index (χ1) is 12.4. The second-order valence-electron chi connectivity index (χ2n) is 5.36. The number of likely N-dealkylation sites (N-methyl/N-ethyl adjacent to an activating group) is 1. The number of hydroxylamine groups is 2. The largest absolute Gasteiger partial charge is 0.494 e. The van der Waals surface area contributed by atoms with Gasteiger partial charge in [0.05, 0.1) is 13.7 Å². The molecule has 9 nitrogen and oxygen atoms in total. The van der Waals surface area contributed by atoms with Gasteiger partial charge in [-0.2, -0.15) is 0 Å². The van der Waals surface area contributed by atoms with E-state index in [0.717, 1.165) is 5.06 Å². The Balaban J connectivity index is 2.68. The number of ether oxygens (including phenoxy) is 1. The Morgan fingerprint density at radius 2 is 1.88 bits per heavy atom. The van der Waals surface area contributed by atoms with E-state index in [1.165, 1.54) is 14.0 Å². The van der Waals surface area contributed by atoms with E-state index in [9.17, 15) is 14.4 Å². The molecule has 0 aliphatic carbocycles. The molecule has 0 fully saturated rings. The van der Waals surface area contributed by atoms with Crippen LogP contribution in [-0.4, -0.2) is 54.4 Å². The molecule has 0 heterocycles. The van der Waals surface area contributed by atoms with Crippen molar-refractivity contribution in [3.05, 3.63) is 24.3 Å². The summed E-state index contributed by atoms with van der Waals surface area (Å²) in [4.78, 5) is 39.2. The summed E-state index contributed by atoms with van der Waals surface area (Å²) in [7, 11) is 1.38. The first kappa shape index (κ1) is 21.2. The maximum Gasteiger partial charge on any atom is 0.303 e. The maximum absolute atomic E-state index is 12.4. The maximum atomic E-state index is 12.4. The van der Waals surface area contributed by atoms with Crippen molar-refractivity contribution >= 4 is 23.5 Å². The Morgan fingerprint density at radius 3 is 2.38 bits per heavy atom. The third-order valence-corrected chi connectivity index (χ3v) is 3.32. The zero-order valence-corrected chi connectivity index (χ0v) is 15.2. The molecular weight excluding hydrogens is 342 g/mol. The predicted molar refractivity (Wildman–Crippen MR) is 94.4 cm³/mol. The molecule has 0 saturated heterocycles. The molecule has 0 aliphatic rings. The number of carbonyl (C=O) groups is 3. The van der Waals surface area contributed by atoms with Gasteiger partial charge < -0.3 is 20.5 Å². The zero-order chi connectivity index (χ0) is 19.5. The highest BCUT2D eigenvalue weighted by Crippen LogP contribution is 2.17. The van der Waals surface area contributed by atoms with Crippen LogP contribution in [0.25, 0.3) is 0 Å². The average Bonchev–Trinajstić information content (AvgIpc) is 2.60. The van der Waals surface area contributed by atoms with Crippen LogP contribution < -0.4 is 15.4 Å². The number of carbonyl (C=O) groups excluding carboxylic acids is 2. The number of benzene rings is 1. The van der Waals surface area contributed by atoms with Crippen LogP contribution in [-0.2, 0) is 19.2 Å². The van der Waals surface area contributed by atoms with E-state index in [-0.39, 0.29) is 12.3 Å². The van der Waals surface area contributed by atoms with E-state index < -0.39 is 18.0 Å². The number of hydrogen-bond acceptors (Lipinski definition) is 6. The lowest BCUT2D eigenvalue weighted by Gasteiger charge is -2.25. The number of carboxylic acid groups (broad SMARTS) is 1. The van der Waals surface area contributed by atoms with Gasteiger partial charge in [0.1, 0.15) is 5.75 Å². The summed E-state index contributed by atoms with van der Waals surface area (Å²) in [5.41, 5.74) is 0.599. The van der Waals surface area contributed by atoms with Gasteiger partial charge in [0.2, 0.25) is 5.91 Å². The molecule has 0 spiro atoms. The molecule has 2 amide bonds. The Kier molecular flexibility index (Phi) is 8.93. The normalized spacial score (nSPS) is 11.3. The molecule has 0 saturated carbocycles. The first-order valence-electron chi connectivity index (χ1n) is 8.21. The highest BCUT2D eigenvalue weighted by Gasteiger charge is 2.24. The van der Waals surface area contributed by atoms with Crippen molar-refractivity contribution in [1.82, 2.24) is 10.4 Å². The number of anilines is 1. The van der Waals surface area contributed by atoms with Crippen molar-refractivity contribution < 1.29 is 29.1 Å². The van der Waals surface area contributed by atoms with Gasteiger partial charge >= 0.3 is 5.97 Å². The van der Waals surface area contributed by atoms with Crippen LogP contribution in [0, 0.1) is 0 Å². The summed E-state index contributed by atoms with van der Waals surface area (Å²) in [6.45, 7) is 3.70. The molecule has 144 valence electrons. The van der Waals surface area contributed by atoms with E-state index >= 15 is 0 Å². The third kappa shape index (κ3) is 7.39. The minimum Gasteiger partial charge on any atom is -0.494 e. The van der Waals surface area contributed by atoms with Crippen LogP contribution in [0.5, 0.6) is 5.75 Å². The van der Waals surface area contributed by atoms with Crippen LogP contribution >= 0.6 is 0 Å². The molecular formula is C17H25N3O6. The fourth-order valence-electron chi connectivity index (χ4n) is 2.11. The topological polar surface area (TPSA) is 117 Å². The van der Waals surface area contributed by atoms with Gasteiger partial charge in [0, 0.05) is 25.6 Å². The lowest BCUT2D eigenvalue weighted by atomic mass is 10.2. The van der Waals surface area contributed by atoms with Gasteiger partial charge in [0.25, 0.3) is 5.91 Å². The van der Waals surface area contributed by atoms with Crippen molar-refractivity contribution in [2.24, 2.45) is 0 Å². The lowest BCUT2D eigenvalue weighted by Crippen LogP contribution is -2.51. The highest BCUT2D eigenvalue weighted by atomic mass is 16.7. The molecule has 3 N–H and O–H groups in total. The second kappa shape index (κ2) is 10.9. The Hall–Kier alpha value is -2.81. The summed E-state index contributed by atoms with van der Waals surface area (Å²) in [5, 5.41) is 15.2. The molecule has 1 aromatic rings. The highest BCUT2D eigenvalue weighted by molar-refractivity contribution is 5.88. The van der Waals surface area contributed by atoms with E-state index in [0.29, 0.717) is 31.0 Å². The summed E-state index contributed by atoms with van der Waals surface area (Å²) in [6.07, 6.45) is -0.513. The fourth-order valence-corrected chi connectivity index (χ4v) is 2.11. The predicted octanol–water partition coefficient (Wildman–Crippen LogP) is 1.21.